The van der Waals surface area contributed by atoms with Crippen molar-refractivity contribution in [2.75, 3.05) is 47.5 Å². The Kier molecular flexibility index (Phi) is 36.9. The third-order valence-corrected chi connectivity index (χ3v) is 11.2. The summed E-state index contributed by atoms with van der Waals surface area (Å²) < 4.78 is 34.5. The van der Waals surface area contributed by atoms with E-state index in [1.54, 1.807) is 0 Å². The lowest BCUT2D eigenvalue weighted by molar-refractivity contribution is -0.870. The maximum atomic E-state index is 12.7. The molecule has 322 valence electrons. The van der Waals surface area contributed by atoms with E-state index in [4.69, 9.17) is 18.5 Å². The molecule has 0 aliphatic heterocycles. The van der Waals surface area contributed by atoms with Gasteiger partial charge in [-0.25, -0.2) is 4.57 Å². The molecule has 0 amide bonds. The normalized spacial score (nSPS) is 13.0. The van der Waals surface area contributed by atoms with Crippen LogP contribution in [0.2, 0.25) is 0 Å². The molecular weight excluding hydrogens is 701 g/mol. The Morgan fingerprint density at radius 3 is 1.06 bits per heavy atom. The molecule has 0 heterocycles. The van der Waals surface area contributed by atoms with Gasteiger partial charge in [-0.05, 0) is 12.8 Å². The number of quaternary nitrogens is 1. The van der Waals surface area contributed by atoms with Gasteiger partial charge < -0.3 is 18.9 Å². The van der Waals surface area contributed by atoms with Gasteiger partial charge in [-0.3, -0.25) is 18.6 Å². The van der Waals surface area contributed by atoms with Crippen molar-refractivity contribution in [2.24, 2.45) is 0 Å². The minimum atomic E-state index is -4.45. The highest BCUT2D eigenvalue weighted by molar-refractivity contribution is 7.47. The van der Waals surface area contributed by atoms with Crippen molar-refractivity contribution in [3.63, 3.8) is 0 Å². The monoisotopic (exact) mass is 791 g/mol. The lowest BCUT2D eigenvalue weighted by Crippen LogP contribution is -2.37. The van der Waals surface area contributed by atoms with E-state index in [0.717, 1.165) is 38.5 Å². The first-order valence-corrected chi connectivity index (χ1v) is 24.3. The van der Waals surface area contributed by atoms with Gasteiger partial charge in [-0.2, -0.15) is 0 Å². The lowest BCUT2D eigenvalue weighted by atomic mass is 10.0. The summed E-state index contributed by atoms with van der Waals surface area (Å²) in [6.07, 6.45) is 37.0. The molecule has 0 radical (unpaired) electrons. The van der Waals surface area contributed by atoms with Crippen LogP contribution in [0.4, 0.5) is 0 Å². The second-order valence-electron chi connectivity index (χ2n) is 16.8. The number of ether oxygens (including phenoxy) is 2. The van der Waals surface area contributed by atoms with Gasteiger partial charge >= 0.3 is 19.8 Å². The van der Waals surface area contributed by atoms with Crippen LogP contribution < -0.4 is 0 Å². The van der Waals surface area contributed by atoms with Crippen molar-refractivity contribution in [1.29, 1.82) is 0 Å². The minimum Gasteiger partial charge on any atom is -0.463 e. The zero-order valence-corrected chi connectivity index (χ0v) is 37.1. The number of rotatable bonds is 42. The van der Waals surface area contributed by atoms with Crippen molar-refractivity contribution in [3.8, 4) is 0 Å². The molecule has 0 aliphatic rings. The highest BCUT2D eigenvalue weighted by atomic mass is 31.2. The van der Waals surface area contributed by atoms with Crippen LogP contribution in [0.25, 0.3) is 0 Å². The first kappa shape index (κ1) is 53.0. The molecule has 0 saturated carbocycles. The van der Waals surface area contributed by atoms with E-state index in [-0.39, 0.29) is 44.6 Å². The molecule has 9 nitrogen and oxygen atoms in total. The first-order chi connectivity index (χ1) is 26.0. The molecule has 10 heteroatoms. The van der Waals surface area contributed by atoms with Gasteiger partial charge in [0.1, 0.15) is 32.5 Å². The van der Waals surface area contributed by atoms with E-state index in [0.29, 0.717) is 11.0 Å². The van der Waals surface area contributed by atoms with Gasteiger partial charge in [0.05, 0.1) is 21.1 Å². The molecule has 0 aromatic carbocycles. The molecule has 0 saturated heterocycles. The van der Waals surface area contributed by atoms with E-state index in [1.165, 1.54) is 154 Å². The Morgan fingerprint density at radius 1 is 0.500 bits per heavy atom. The molecule has 0 rings (SSSR count). The van der Waals surface area contributed by atoms with Crippen LogP contribution in [0.5, 0.6) is 0 Å². The zero-order chi connectivity index (χ0) is 40.0. The summed E-state index contributed by atoms with van der Waals surface area (Å²) >= 11 is 0. The predicted molar refractivity (Wildman–Crippen MR) is 225 cm³/mol. The van der Waals surface area contributed by atoms with Crippen molar-refractivity contribution in [2.45, 2.75) is 225 Å². The van der Waals surface area contributed by atoms with Crippen LogP contribution in [0.1, 0.15) is 219 Å². The summed E-state index contributed by atoms with van der Waals surface area (Å²) in [5.74, 6) is -0.776. The average molecular weight is 791 g/mol. The fourth-order valence-corrected chi connectivity index (χ4v) is 7.43. The topological polar surface area (TPSA) is 108 Å². The number of esters is 2. The predicted octanol–water partition coefficient (Wildman–Crippen LogP) is 12.8. The zero-order valence-electron chi connectivity index (χ0n) is 36.2. The molecule has 0 aromatic heterocycles. The number of phosphoric acid groups is 1. The van der Waals surface area contributed by atoms with E-state index < -0.39 is 13.9 Å². The van der Waals surface area contributed by atoms with Crippen molar-refractivity contribution in [1.82, 2.24) is 0 Å². The van der Waals surface area contributed by atoms with Crippen molar-refractivity contribution in [3.05, 3.63) is 0 Å². The Morgan fingerprint density at radius 2 is 0.778 bits per heavy atom. The smallest absolute Gasteiger partial charge is 0.463 e. The fraction of sp³-hybridized carbons (Fsp3) is 0.955. The molecule has 0 aliphatic carbocycles. The van der Waals surface area contributed by atoms with E-state index in [2.05, 4.69) is 13.8 Å². The number of hydrogen-bond donors (Lipinski definition) is 1. The van der Waals surface area contributed by atoms with Crippen LogP contribution >= 0.6 is 7.82 Å². The van der Waals surface area contributed by atoms with Crippen molar-refractivity contribution >= 4 is 19.8 Å². The van der Waals surface area contributed by atoms with Gasteiger partial charge in [-0.1, -0.05) is 194 Å². The van der Waals surface area contributed by atoms with Gasteiger partial charge in [0.15, 0.2) is 0 Å². The molecule has 1 unspecified atom stereocenters. The third kappa shape index (κ3) is 40.7. The van der Waals surface area contributed by atoms with E-state index in [9.17, 15) is 19.0 Å². The SMILES string of the molecule is CCCCCCCCCCCCCCCCCC(=O)OCC(COC(=O)CCCCCCCCCCCCCCCCC)OP(=O)(O)OCC[N+](C)(C)C. The fourth-order valence-electron chi connectivity index (χ4n) is 6.56. The standard InChI is InChI=1S/C44H88NO8P/c1-6-8-10-12-14-16-18-20-22-24-26-28-30-32-34-36-43(46)50-40-42(53-54(48,49)52-39-38-45(3,4)5)41-51-44(47)37-35-33-31-29-27-25-23-21-19-17-15-13-11-9-7-2/h42H,6-41H2,1-5H3/p+1. The highest BCUT2D eigenvalue weighted by Crippen LogP contribution is 2.44. The summed E-state index contributed by atoms with van der Waals surface area (Å²) in [7, 11) is 1.40. The summed E-state index contributed by atoms with van der Waals surface area (Å²) in [6.45, 7) is 4.47. The van der Waals surface area contributed by atoms with Crippen LogP contribution in [0.3, 0.4) is 0 Å². The van der Waals surface area contributed by atoms with Crippen LogP contribution in [-0.2, 0) is 32.7 Å². The Hall–Kier alpha value is -0.990. The van der Waals surface area contributed by atoms with Crippen LogP contribution in [0, 0.1) is 0 Å². The summed E-state index contributed by atoms with van der Waals surface area (Å²) in [5, 5.41) is 0. The molecule has 0 fully saturated rings. The van der Waals surface area contributed by atoms with Crippen molar-refractivity contribution < 1.29 is 42.1 Å². The van der Waals surface area contributed by atoms with Gasteiger partial charge in [0.2, 0.25) is 0 Å². The second-order valence-corrected chi connectivity index (χ2v) is 18.2. The summed E-state index contributed by atoms with van der Waals surface area (Å²) in [4.78, 5) is 35.3. The van der Waals surface area contributed by atoms with Gasteiger partial charge in [0.25, 0.3) is 0 Å². The van der Waals surface area contributed by atoms with Crippen LogP contribution in [-0.4, -0.2) is 74.9 Å². The number of carbonyl (C=O) groups is 2. The average Bonchev–Trinajstić information content (AvgIpc) is 3.12. The lowest BCUT2D eigenvalue weighted by Gasteiger charge is -2.25. The largest absolute Gasteiger partial charge is 0.472 e. The summed E-state index contributed by atoms with van der Waals surface area (Å²) in [5.41, 5.74) is 0. The molecular formula is C44H89NO8P+. The number of unbranched alkanes of at least 4 members (excludes halogenated alkanes) is 28. The Balaban J connectivity index is 4.25. The van der Waals surface area contributed by atoms with E-state index in [1.807, 2.05) is 21.1 Å². The molecule has 0 bridgehead atoms. The maximum Gasteiger partial charge on any atom is 0.472 e. The quantitative estimate of drug-likeness (QED) is 0.0282. The number of likely N-dealkylation sites (N-methyl/N-ethyl adjacent to an activating group) is 1. The molecule has 0 spiro atoms. The van der Waals surface area contributed by atoms with Gasteiger partial charge in [-0.15, -0.1) is 0 Å². The number of nitrogens with zero attached hydrogens (tertiary/aromatic N) is 1. The van der Waals surface area contributed by atoms with Gasteiger partial charge in [0, 0.05) is 12.8 Å². The summed E-state index contributed by atoms with van der Waals surface area (Å²) in [6, 6.07) is 0. The third-order valence-electron chi connectivity index (χ3n) is 10.1. The second kappa shape index (κ2) is 37.6. The van der Waals surface area contributed by atoms with E-state index >= 15 is 0 Å². The highest BCUT2D eigenvalue weighted by Gasteiger charge is 2.29. The Bertz CT molecular complexity index is 846. The molecule has 1 atom stereocenters. The molecule has 54 heavy (non-hydrogen) atoms. The number of carbonyl (C=O) groups excluding carboxylic acids is 2. The number of phosphoric ester groups is 1. The molecule has 0 aromatic rings. The maximum absolute atomic E-state index is 12.7. The Labute approximate surface area is 334 Å². The number of hydrogen-bond acceptors (Lipinski definition) is 7. The molecule has 1 N–H and O–H groups in total. The first-order valence-electron chi connectivity index (χ1n) is 22.8. The minimum absolute atomic E-state index is 0.0158. The van der Waals surface area contributed by atoms with Crippen LogP contribution in [0.15, 0.2) is 0 Å².